The monoisotopic (exact) mass is 625 g/mol. The van der Waals surface area contributed by atoms with Gasteiger partial charge in [-0.1, -0.05) is 168 Å². The van der Waals surface area contributed by atoms with Crippen molar-refractivity contribution in [1.29, 1.82) is 0 Å². The van der Waals surface area contributed by atoms with Crippen molar-refractivity contribution in [3.8, 4) is 0 Å². The quantitative estimate of drug-likeness (QED) is 0.101. The van der Waals surface area contributed by atoms with Gasteiger partial charge < -0.3 is 10.6 Å². The third kappa shape index (κ3) is 22.4. The fourth-order valence-electron chi connectivity index (χ4n) is 6.59. The molecule has 2 rings (SSSR count). The van der Waals surface area contributed by atoms with E-state index in [9.17, 15) is 4.79 Å². The van der Waals surface area contributed by atoms with E-state index in [1.165, 1.54) is 170 Å². The summed E-state index contributed by atoms with van der Waals surface area (Å²) in [4.78, 5) is 12.4. The second-order valence-electron chi connectivity index (χ2n) is 13.9. The Balaban J connectivity index is 0.00000324. The van der Waals surface area contributed by atoms with Crippen LogP contribution in [0.2, 0.25) is 0 Å². The molecule has 0 unspecified atom stereocenters. The van der Waals surface area contributed by atoms with E-state index in [2.05, 4.69) is 69.5 Å². The molecule has 0 aromatic heterocycles. The van der Waals surface area contributed by atoms with E-state index in [0.717, 1.165) is 19.4 Å². The van der Waals surface area contributed by atoms with Crippen LogP contribution in [0, 0.1) is 6.92 Å². The van der Waals surface area contributed by atoms with E-state index in [1.54, 1.807) is 0 Å². The number of amides is 1. The van der Waals surface area contributed by atoms with Crippen molar-refractivity contribution >= 4 is 17.2 Å². The molecule has 1 aliphatic rings. The lowest BCUT2D eigenvalue weighted by Gasteiger charge is -2.17. The van der Waals surface area contributed by atoms with Crippen molar-refractivity contribution in [2.45, 2.75) is 208 Å². The number of hydrogen-bond acceptors (Lipinski definition) is 2. The van der Waals surface area contributed by atoms with Crippen LogP contribution in [-0.2, 0) is 4.79 Å². The van der Waals surface area contributed by atoms with Crippen LogP contribution in [0.15, 0.2) is 24.3 Å². The number of allylic oxidation sites excluding steroid dienone is 1. The molecule has 1 aromatic rings. The molecule has 0 heterocycles. The number of nitrogens with one attached hydrogen (secondary N) is 2. The van der Waals surface area contributed by atoms with Crippen LogP contribution in [0.25, 0.3) is 5.57 Å². The molecule has 0 spiro atoms. The van der Waals surface area contributed by atoms with Crippen LogP contribution in [0.4, 0.5) is 5.69 Å². The highest BCUT2D eigenvalue weighted by Gasteiger charge is 2.15. The summed E-state index contributed by atoms with van der Waals surface area (Å²) >= 11 is 0. The first-order valence-corrected chi connectivity index (χ1v) is 19.8. The number of rotatable bonds is 26. The van der Waals surface area contributed by atoms with Crippen LogP contribution in [0.3, 0.4) is 0 Å². The van der Waals surface area contributed by atoms with Gasteiger partial charge in [0.25, 0.3) is 0 Å². The summed E-state index contributed by atoms with van der Waals surface area (Å²) in [5.74, 6) is 0.214. The molecule has 45 heavy (non-hydrogen) atoms. The Hall–Kier alpha value is -1.77. The van der Waals surface area contributed by atoms with E-state index in [0.29, 0.717) is 12.5 Å². The van der Waals surface area contributed by atoms with Gasteiger partial charge in [0, 0.05) is 24.7 Å². The standard InChI is InChI=1S/C39H68N2O.C3H8/c1-4-6-7-8-9-10-11-12-13-14-15-16-17-18-19-20-21-22-23-28-39(42)40-32-31-35(5-2)38-33-37(30-29-34(38)3)41-36-26-24-25-27-36;1-3-2/h5,29-30,33,36,41H,4,6-28,31-32H2,1-3H3,(H,40,42);3H2,1-2H3/b35-5-;. The predicted octanol–water partition coefficient (Wildman–Crippen LogP) is 13.5. The number of benzene rings is 1. The van der Waals surface area contributed by atoms with Gasteiger partial charge in [0.05, 0.1) is 0 Å². The van der Waals surface area contributed by atoms with E-state index in [4.69, 9.17) is 0 Å². The van der Waals surface area contributed by atoms with E-state index < -0.39 is 0 Å². The second-order valence-corrected chi connectivity index (χ2v) is 13.9. The van der Waals surface area contributed by atoms with Crippen molar-refractivity contribution in [3.05, 3.63) is 35.4 Å². The van der Waals surface area contributed by atoms with Crippen molar-refractivity contribution in [2.75, 3.05) is 11.9 Å². The van der Waals surface area contributed by atoms with Gasteiger partial charge in [-0.3, -0.25) is 4.79 Å². The molecule has 3 heteroatoms. The van der Waals surface area contributed by atoms with Crippen LogP contribution in [-0.4, -0.2) is 18.5 Å². The number of carbonyl (C=O) groups is 1. The zero-order chi connectivity index (χ0) is 32.8. The van der Waals surface area contributed by atoms with Crippen LogP contribution in [0.1, 0.15) is 206 Å². The fourth-order valence-corrected chi connectivity index (χ4v) is 6.59. The molecule has 0 radical (unpaired) electrons. The first-order valence-electron chi connectivity index (χ1n) is 19.8. The molecule has 2 N–H and O–H groups in total. The Morgan fingerprint density at radius 2 is 1.18 bits per heavy atom. The molecule has 0 bridgehead atoms. The Morgan fingerprint density at radius 3 is 1.64 bits per heavy atom. The molecule has 0 aliphatic heterocycles. The highest BCUT2D eigenvalue weighted by atomic mass is 16.1. The minimum atomic E-state index is 0.214. The third-order valence-electron chi connectivity index (χ3n) is 9.38. The molecule has 0 saturated heterocycles. The maximum atomic E-state index is 12.4. The number of anilines is 1. The first-order chi connectivity index (χ1) is 22.0. The first kappa shape index (κ1) is 41.3. The summed E-state index contributed by atoms with van der Waals surface area (Å²) < 4.78 is 0. The van der Waals surface area contributed by atoms with Crippen LogP contribution in [0.5, 0.6) is 0 Å². The Labute approximate surface area is 281 Å². The highest BCUT2D eigenvalue weighted by molar-refractivity contribution is 5.76. The molecular weight excluding hydrogens is 548 g/mol. The fraction of sp³-hybridized carbons (Fsp3) is 0.786. The molecule has 3 nitrogen and oxygen atoms in total. The lowest BCUT2D eigenvalue weighted by molar-refractivity contribution is -0.121. The maximum absolute atomic E-state index is 12.4. The van der Waals surface area contributed by atoms with Gasteiger partial charge >= 0.3 is 0 Å². The number of hydrogen-bond donors (Lipinski definition) is 2. The van der Waals surface area contributed by atoms with Gasteiger partial charge in [-0.2, -0.15) is 0 Å². The molecule has 1 saturated carbocycles. The molecule has 1 fully saturated rings. The minimum absolute atomic E-state index is 0.214. The van der Waals surface area contributed by atoms with E-state index in [1.807, 2.05) is 0 Å². The van der Waals surface area contributed by atoms with Gasteiger partial charge in [-0.25, -0.2) is 0 Å². The largest absolute Gasteiger partial charge is 0.382 e. The SMILES string of the molecule is C/C=C(/CCNC(=O)CCCCCCCCCCCCCCCCCCCCC)c1cc(NC2CCCC2)ccc1C.CCC. The maximum Gasteiger partial charge on any atom is 0.220 e. The number of unbranched alkanes of at least 4 members (excludes halogenated alkanes) is 18. The third-order valence-corrected chi connectivity index (χ3v) is 9.38. The predicted molar refractivity (Wildman–Crippen MR) is 202 cm³/mol. The number of carbonyl (C=O) groups excluding carboxylic acids is 1. The summed E-state index contributed by atoms with van der Waals surface area (Å²) in [7, 11) is 0. The molecule has 260 valence electrons. The van der Waals surface area contributed by atoms with Crippen LogP contribution < -0.4 is 10.6 Å². The van der Waals surface area contributed by atoms with E-state index in [-0.39, 0.29) is 5.91 Å². The summed E-state index contributed by atoms with van der Waals surface area (Å²) in [5.41, 5.74) is 5.18. The van der Waals surface area contributed by atoms with Gasteiger partial charge in [0.2, 0.25) is 5.91 Å². The zero-order valence-electron chi connectivity index (χ0n) is 30.9. The van der Waals surface area contributed by atoms with E-state index >= 15 is 0 Å². The average molecular weight is 625 g/mol. The van der Waals surface area contributed by atoms with Crippen molar-refractivity contribution in [1.82, 2.24) is 5.32 Å². The summed E-state index contributed by atoms with van der Waals surface area (Å²) in [5, 5.41) is 6.91. The topological polar surface area (TPSA) is 41.1 Å². The average Bonchev–Trinajstić information content (AvgIpc) is 3.55. The zero-order valence-corrected chi connectivity index (χ0v) is 30.9. The molecule has 1 aliphatic carbocycles. The lowest BCUT2D eigenvalue weighted by atomic mass is 9.97. The second kappa shape index (κ2) is 29.6. The Kier molecular flexibility index (Phi) is 27.2. The summed E-state index contributed by atoms with van der Waals surface area (Å²) in [6, 6.07) is 7.38. The molecule has 1 aromatic carbocycles. The molecule has 0 atom stereocenters. The lowest BCUT2D eigenvalue weighted by Crippen LogP contribution is -2.24. The van der Waals surface area contributed by atoms with Gasteiger partial charge in [0.1, 0.15) is 0 Å². The van der Waals surface area contributed by atoms with Gasteiger partial charge in [-0.05, 0) is 68.4 Å². The highest BCUT2D eigenvalue weighted by Crippen LogP contribution is 2.28. The smallest absolute Gasteiger partial charge is 0.220 e. The van der Waals surface area contributed by atoms with Gasteiger partial charge in [0.15, 0.2) is 0 Å². The van der Waals surface area contributed by atoms with Crippen molar-refractivity contribution < 1.29 is 4.79 Å². The van der Waals surface area contributed by atoms with Crippen molar-refractivity contribution in [2.24, 2.45) is 0 Å². The van der Waals surface area contributed by atoms with Gasteiger partial charge in [-0.15, -0.1) is 0 Å². The number of aryl methyl sites for hydroxylation is 1. The Morgan fingerprint density at radius 1 is 0.711 bits per heavy atom. The Bertz CT molecular complexity index is 854. The molecule has 1 amide bonds. The van der Waals surface area contributed by atoms with Crippen molar-refractivity contribution in [3.63, 3.8) is 0 Å². The summed E-state index contributed by atoms with van der Waals surface area (Å²) in [6.07, 6.45) is 36.5. The van der Waals surface area contributed by atoms with Crippen LogP contribution >= 0.6 is 0 Å². The summed E-state index contributed by atoms with van der Waals surface area (Å²) in [6.45, 7) is 11.6. The molecular formula is C42H76N2O. The normalized spacial score (nSPS) is 13.5. The minimum Gasteiger partial charge on any atom is -0.382 e.